The second-order valence-electron chi connectivity index (χ2n) is 5.87. The second-order valence-corrected chi connectivity index (χ2v) is 5.87. The Morgan fingerprint density at radius 1 is 1.05 bits per heavy atom. The molecule has 19 heavy (non-hydrogen) atoms. The third-order valence-corrected chi connectivity index (χ3v) is 4.20. The number of likely N-dealkylation sites (tertiary alicyclic amines) is 2. The van der Waals surface area contributed by atoms with E-state index < -0.39 is 0 Å². The molecule has 0 aromatic rings. The number of hydrogen-bond donors (Lipinski definition) is 0. The molecule has 5 heteroatoms. The average molecular weight is 267 g/mol. The third kappa shape index (κ3) is 3.69. The molecule has 108 valence electrons. The predicted molar refractivity (Wildman–Crippen MR) is 73.7 cm³/mol. The summed E-state index contributed by atoms with van der Waals surface area (Å²) in [5.41, 5.74) is 0. The van der Waals surface area contributed by atoms with Crippen molar-refractivity contribution in [3.8, 4) is 0 Å². The summed E-state index contributed by atoms with van der Waals surface area (Å²) in [6, 6.07) is 0. The Balaban J connectivity index is 1.74. The quantitative estimate of drug-likeness (QED) is 0.744. The first-order valence-electron chi connectivity index (χ1n) is 7.29. The molecule has 2 amide bonds. The monoisotopic (exact) mass is 267 g/mol. The van der Waals surface area contributed by atoms with Crippen molar-refractivity contribution >= 4 is 11.8 Å². The highest BCUT2D eigenvalue weighted by Gasteiger charge is 2.28. The van der Waals surface area contributed by atoms with Gasteiger partial charge in [0.25, 0.3) is 0 Å². The highest BCUT2D eigenvalue weighted by atomic mass is 16.2. The Bertz CT molecular complexity index is 330. The van der Waals surface area contributed by atoms with Crippen LogP contribution in [0.15, 0.2) is 0 Å². The summed E-state index contributed by atoms with van der Waals surface area (Å²) in [5, 5.41) is 0. The summed E-state index contributed by atoms with van der Waals surface area (Å²) < 4.78 is 0. The molecular formula is C14H25N3O2. The van der Waals surface area contributed by atoms with Crippen molar-refractivity contribution in [3.63, 3.8) is 0 Å². The molecule has 2 saturated heterocycles. The van der Waals surface area contributed by atoms with Crippen molar-refractivity contribution in [2.75, 3.05) is 46.8 Å². The van der Waals surface area contributed by atoms with E-state index in [1.807, 2.05) is 19.0 Å². The largest absolute Gasteiger partial charge is 0.349 e. The lowest BCUT2D eigenvalue weighted by Crippen LogP contribution is -2.44. The maximum absolute atomic E-state index is 12.0. The number of rotatable bonds is 3. The third-order valence-electron chi connectivity index (χ3n) is 4.20. The van der Waals surface area contributed by atoms with Crippen molar-refractivity contribution in [1.82, 2.24) is 14.7 Å². The van der Waals surface area contributed by atoms with E-state index in [4.69, 9.17) is 0 Å². The molecule has 2 aliphatic heterocycles. The zero-order valence-electron chi connectivity index (χ0n) is 12.1. The molecule has 2 rings (SSSR count). The van der Waals surface area contributed by atoms with Crippen LogP contribution in [0.3, 0.4) is 0 Å². The molecule has 0 aliphatic carbocycles. The maximum Gasteiger partial charge on any atom is 0.236 e. The topological polar surface area (TPSA) is 43.9 Å². The summed E-state index contributed by atoms with van der Waals surface area (Å²) in [6.45, 7) is 4.11. The zero-order valence-corrected chi connectivity index (χ0v) is 12.1. The van der Waals surface area contributed by atoms with E-state index in [9.17, 15) is 9.59 Å². The summed E-state index contributed by atoms with van der Waals surface area (Å²) in [5.74, 6) is 0.633. The molecule has 0 N–H and O–H groups in total. The van der Waals surface area contributed by atoms with E-state index >= 15 is 0 Å². The van der Waals surface area contributed by atoms with Gasteiger partial charge < -0.3 is 9.80 Å². The van der Waals surface area contributed by atoms with E-state index in [1.54, 1.807) is 4.90 Å². The first kappa shape index (κ1) is 14.3. The van der Waals surface area contributed by atoms with Crippen LogP contribution >= 0.6 is 0 Å². The summed E-state index contributed by atoms with van der Waals surface area (Å²) in [4.78, 5) is 29.8. The van der Waals surface area contributed by atoms with E-state index in [1.165, 1.54) is 0 Å². The van der Waals surface area contributed by atoms with Gasteiger partial charge in [-0.1, -0.05) is 0 Å². The summed E-state index contributed by atoms with van der Waals surface area (Å²) in [6.07, 6.45) is 4.05. The Morgan fingerprint density at radius 3 is 2.16 bits per heavy atom. The first-order valence-corrected chi connectivity index (χ1v) is 7.29. The fourth-order valence-corrected chi connectivity index (χ4v) is 2.96. The summed E-state index contributed by atoms with van der Waals surface area (Å²) >= 11 is 0. The minimum atomic E-state index is 0.146. The number of hydrogen-bond acceptors (Lipinski definition) is 3. The number of piperidine rings is 1. The lowest BCUT2D eigenvalue weighted by atomic mass is 9.95. The second kappa shape index (κ2) is 6.37. The average Bonchev–Trinajstić information content (AvgIpc) is 2.92. The molecule has 0 aromatic heterocycles. The molecular weight excluding hydrogens is 242 g/mol. The zero-order chi connectivity index (χ0) is 13.8. The number of nitrogens with zero attached hydrogens (tertiary/aromatic N) is 3. The molecule has 0 spiro atoms. The molecule has 2 fully saturated rings. The van der Waals surface area contributed by atoms with Gasteiger partial charge in [-0.25, -0.2) is 0 Å². The maximum atomic E-state index is 12.0. The molecule has 0 unspecified atom stereocenters. The van der Waals surface area contributed by atoms with E-state index in [0.717, 1.165) is 51.9 Å². The van der Waals surface area contributed by atoms with Crippen molar-refractivity contribution in [1.29, 1.82) is 0 Å². The molecule has 0 saturated carbocycles. The van der Waals surface area contributed by atoms with Gasteiger partial charge in [-0.3, -0.25) is 14.5 Å². The molecule has 0 bridgehead atoms. The lowest BCUT2D eigenvalue weighted by Gasteiger charge is -2.32. The Hall–Kier alpha value is -1.10. The van der Waals surface area contributed by atoms with Crippen molar-refractivity contribution in [3.05, 3.63) is 0 Å². The van der Waals surface area contributed by atoms with Crippen molar-refractivity contribution < 1.29 is 9.59 Å². The normalized spacial score (nSPS) is 21.7. The van der Waals surface area contributed by atoms with Gasteiger partial charge >= 0.3 is 0 Å². The van der Waals surface area contributed by atoms with E-state index in [-0.39, 0.29) is 17.7 Å². The molecule has 0 radical (unpaired) electrons. The lowest BCUT2D eigenvalue weighted by molar-refractivity contribution is -0.135. The fourth-order valence-electron chi connectivity index (χ4n) is 2.96. The minimum absolute atomic E-state index is 0.146. The van der Waals surface area contributed by atoms with Gasteiger partial charge in [-0.2, -0.15) is 0 Å². The van der Waals surface area contributed by atoms with Gasteiger partial charge in [-0.15, -0.1) is 0 Å². The Morgan fingerprint density at radius 2 is 1.63 bits per heavy atom. The highest BCUT2D eigenvalue weighted by Crippen LogP contribution is 2.19. The standard InChI is InChI=1S/C14H25N3O2/c1-15(2)14(19)12-5-9-16(10-6-12)11-13(18)17-7-3-4-8-17/h12H,3-11H2,1-2H3. The highest BCUT2D eigenvalue weighted by molar-refractivity contribution is 5.79. The fraction of sp³-hybridized carbons (Fsp3) is 0.857. The van der Waals surface area contributed by atoms with E-state index in [2.05, 4.69) is 4.90 Å². The minimum Gasteiger partial charge on any atom is -0.349 e. The molecule has 0 atom stereocenters. The van der Waals surface area contributed by atoms with Gasteiger partial charge in [0.2, 0.25) is 11.8 Å². The first-order chi connectivity index (χ1) is 9.08. The van der Waals surface area contributed by atoms with Crippen LogP contribution in [0.2, 0.25) is 0 Å². The van der Waals surface area contributed by atoms with Crippen molar-refractivity contribution in [2.24, 2.45) is 5.92 Å². The van der Waals surface area contributed by atoms with Crippen LogP contribution in [0.1, 0.15) is 25.7 Å². The van der Waals surface area contributed by atoms with Gasteiger partial charge in [0.1, 0.15) is 0 Å². The Labute approximate surface area is 115 Å². The molecule has 0 aromatic carbocycles. The molecule has 2 aliphatic rings. The van der Waals surface area contributed by atoms with Gasteiger partial charge in [0.05, 0.1) is 6.54 Å². The van der Waals surface area contributed by atoms with Crippen LogP contribution in [-0.4, -0.2) is 73.3 Å². The van der Waals surface area contributed by atoms with E-state index in [0.29, 0.717) is 6.54 Å². The van der Waals surface area contributed by atoms with Crippen molar-refractivity contribution in [2.45, 2.75) is 25.7 Å². The van der Waals surface area contributed by atoms with Crippen LogP contribution in [0.5, 0.6) is 0 Å². The summed E-state index contributed by atoms with van der Waals surface area (Å²) in [7, 11) is 3.62. The smallest absolute Gasteiger partial charge is 0.236 e. The SMILES string of the molecule is CN(C)C(=O)C1CCN(CC(=O)N2CCCC2)CC1. The van der Waals surface area contributed by atoms with Crippen LogP contribution in [0, 0.1) is 5.92 Å². The molecule has 2 heterocycles. The predicted octanol–water partition coefficient (Wildman–Crippen LogP) is 0.409. The van der Waals surface area contributed by atoms with Crippen LogP contribution in [0.25, 0.3) is 0 Å². The molecule has 5 nitrogen and oxygen atoms in total. The Kier molecular flexibility index (Phi) is 4.80. The number of carbonyl (C=O) groups is 2. The van der Waals surface area contributed by atoms with Crippen LogP contribution < -0.4 is 0 Å². The van der Waals surface area contributed by atoms with Crippen LogP contribution in [-0.2, 0) is 9.59 Å². The number of carbonyl (C=O) groups excluding carboxylic acids is 2. The van der Waals surface area contributed by atoms with Crippen LogP contribution in [0.4, 0.5) is 0 Å². The van der Waals surface area contributed by atoms with Gasteiger partial charge in [0.15, 0.2) is 0 Å². The number of amides is 2. The van der Waals surface area contributed by atoms with Gasteiger partial charge in [0, 0.05) is 33.1 Å². The van der Waals surface area contributed by atoms with Gasteiger partial charge in [-0.05, 0) is 38.8 Å².